The Labute approximate surface area is 142 Å². The number of hydrogen-bond acceptors (Lipinski definition) is 3. The Hall–Kier alpha value is -2.54. The maximum Gasteiger partial charge on any atom is 0.573 e. The summed E-state index contributed by atoms with van der Waals surface area (Å²) in [4.78, 5) is 13.4. The number of fused-ring (bicyclic) bond motifs is 1. The van der Waals surface area contributed by atoms with E-state index in [4.69, 9.17) is 0 Å². The highest BCUT2D eigenvalue weighted by Crippen LogP contribution is 2.27. The molecule has 0 radical (unpaired) electrons. The smallest absolute Gasteiger partial charge is 0.480 e. The fourth-order valence-corrected chi connectivity index (χ4v) is 3.06. The van der Waals surface area contributed by atoms with Crippen LogP contribution in [0.3, 0.4) is 0 Å². The first-order valence-electron chi connectivity index (χ1n) is 7.70. The van der Waals surface area contributed by atoms with Crippen LogP contribution in [-0.4, -0.2) is 28.4 Å². The molecule has 2 aromatic carbocycles. The lowest BCUT2D eigenvalue weighted by molar-refractivity contribution is -0.274. The molecule has 0 amide bonds. The molecule has 0 saturated carbocycles. The molecule has 0 aliphatic carbocycles. The molecular formula is C18H16F3NO3. The van der Waals surface area contributed by atoms with Crippen LogP contribution in [0, 0.1) is 0 Å². The Morgan fingerprint density at radius 3 is 2.56 bits per heavy atom. The number of nitrogens with zero attached hydrogens (tertiary/aromatic N) is 1. The van der Waals surface area contributed by atoms with Gasteiger partial charge in [0, 0.05) is 13.1 Å². The lowest BCUT2D eigenvalue weighted by Gasteiger charge is -2.34. The van der Waals surface area contributed by atoms with Crippen molar-refractivity contribution in [3.8, 4) is 5.75 Å². The average molecular weight is 351 g/mol. The summed E-state index contributed by atoms with van der Waals surface area (Å²) in [5.74, 6) is -1.26. The number of halogens is 3. The average Bonchev–Trinajstić information content (AvgIpc) is 2.52. The fraction of sp³-hybridized carbons (Fsp3) is 0.278. The quantitative estimate of drug-likeness (QED) is 0.915. The molecule has 0 saturated heterocycles. The predicted molar refractivity (Wildman–Crippen MR) is 83.9 cm³/mol. The first kappa shape index (κ1) is 17.3. The van der Waals surface area contributed by atoms with Gasteiger partial charge < -0.3 is 9.84 Å². The van der Waals surface area contributed by atoms with Crippen LogP contribution in [0.1, 0.15) is 16.7 Å². The van der Waals surface area contributed by atoms with Gasteiger partial charge in [-0.15, -0.1) is 13.2 Å². The molecule has 25 heavy (non-hydrogen) atoms. The molecule has 0 aromatic heterocycles. The number of hydrogen-bond donors (Lipinski definition) is 1. The molecule has 7 heteroatoms. The largest absolute Gasteiger partial charge is 0.573 e. The van der Waals surface area contributed by atoms with Gasteiger partial charge >= 0.3 is 12.3 Å². The Morgan fingerprint density at radius 2 is 1.88 bits per heavy atom. The molecular weight excluding hydrogens is 335 g/mol. The number of ether oxygens (including phenoxy) is 1. The third-order valence-electron chi connectivity index (χ3n) is 4.15. The highest BCUT2D eigenvalue weighted by atomic mass is 19.4. The van der Waals surface area contributed by atoms with E-state index in [1.54, 1.807) is 11.0 Å². The van der Waals surface area contributed by atoms with Crippen molar-refractivity contribution < 1.29 is 27.8 Å². The molecule has 1 heterocycles. The van der Waals surface area contributed by atoms with Gasteiger partial charge in [-0.25, -0.2) is 0 Å². The van der Waals surface area contributed by atoms with Crippen molar-refractivity contribution in [2.75, 3.05) is 0 Å². The first-order valence-corrected chi connectivity index (χ1v) is 7.70. The van der Waals surface area contributed by atoms with Crippen LogP contribution in [0.25, 0.3) is 0 Å². The molecule has 0 fully saturated rings. The van der Waals surface area contributed by atoms with Gasteiger partial charge in [0.05, 0.1) is 0 Å². The Morgan fingerprint density at radius 1 is 1.16 bits per heavy atom. The molecule has 132 valence electrons. The zero-order valence-corrected chi connectivity index (χ0v) is 13.2. The predicted octanol–water partition coefficient (Wildman–Crippen LogP) is 3.60. The highest BCUT2D eigenvalue weighted by molar-refractivity contribution is 5.74. The number of benzene rings is 2. The molecule has 2 aromatic rings. The van der Waals surface area contributed by atoms with Gasteiger partial charge in [-0.2, -0.15) is 0 Å². The zero-order valence-electron chi connectivity index (χ0n) is 13.2. The normalized spacial score (nSPS) is 17.8. The van der Waals surface area contributed by atoms with Crippen LogP contribution in [-0.2, 0) is 24.3 Å². The Bertz CT molecular complexity index is 776. The minimum Gasteiger partial charge on any atom is -0.480 e. The number of rotatable bonds is 4. The third-order valence-corrected chi connectivity index (χ3v) is 4.15. The molecule has 1 atom stereocenters. The van der Waals surface area contributed by atoms with Crippen molar-refractivity contribution in [3.63, 3.8) is 0 Å². The van der Waals surface area contributed by atoms with Crippen molar-refractivity contribution in [1.82, 2.24) is 4.90 Å². The van der Waals surface area contributed by atoms with E-state index in [1.165, 1.54) is 18.2 Å². The van der Waals surface area contributed by atoms with Gasteiger partial charge in [0.2, 0.25) is 0 Å². The number of carboxylic acid groups (broad SMARTS) is 1. The molecule has 1 unspecified atom stereocenters. The van der Waals surface area contributed by atoms with E-state index in [9.17, 15) is 23.1 Å². The molecule has 3 rings (SSSR count). The summed E-state index contributed by atoms with van der Waals surface area (Å²) in [6.07, 6.45) is -4.39. The second-order valence-electron chi connectivity index (χ2n) is 5.93. The Balaban J connectivity index is 1.81. The highest BCUT2D eigenvalue weighted by Gasteiger charge is 2.32. The third kappa shape index (κ3) is 4.30. The number of carbonyl (C=O) groups is 1. The lowest BCUT2D eigenvalue weighted by atomic mass is 9.93. The van der Waals surface area contributed by atoms with Gasteiger partial charge in [0.15, 0.2) is 0 Å². The standard InChI is InChI=1S/C18H16F3NO3/c19-18(20,21)25-15-7-3-4-12(8-15)10-22-11-14-6-2-1-5-13(14)9-16(22)17(23)24/h1-8,16H,9-11H2,(H,23,24). The summed E-state index contributed by atoms with van der Waals surface area (Å²) in [6, 6.07) is 12.5. The molecule has 1 aliphatic heterocycles. The summed E-state index contributed by atoms with van der Waals surface area (Å²) in [7, 11) is 0. The molecule has 1 aliphatic rings. The summed E-state index contributed by atoms with van der Waals surface area (Å²) in [5.41, 5.74) is 2.58. The minimum absolute atomic E-state index is 0.223. The second kappa shape index (κ2) is 6.76. The van der Waals surface area contributed by atoms with Crippen LogP contribution in [0.4, 0.5) is 13.2 Å². The molecule has 1 N–H and O–H groups in total. The van der Waals surface area contributed by atoms with E-state index >= 15 is 0 Å². The SMILES string of the molecule is O=C(O)C1Cc2ccccc2CN1Cc1cccc(OC(F)(F)F)c1. The number of carboxylic acids is 1. The monoisotopic (exact) mass is 351 g/mol. The molecule has 0 bridgehead atoms. The second-order valence-corrected chi connectivity index (χ2v) is 5.93. The lowest BCUT2D eigenvalue weighted by Crippen LogP contribution is -2.45. The van der Waals surface area contributed by atoms with Crippen molar-refractivity contribution >= 4 is 5.97 Å². The minimum atomic E-state index is -4.76. The van der Waals surface area contributed by atoms with Gasteiger partial charge in [0.25, 0.3) is 0 Å². The summed E-state index contributed by atoms with van der Waals surface area (Å²) < 4.78 is 41.0. The van der Waals surface area contributed by atoms with Crippen molar-refractivity contribution in [2.45, 2.75) is 31.9 Å². The van der Waals surface area contributed by atoms with Crippen LogP contribution in [0.15, 0.2) is 48.5 Å². The van der Waals surface area contributed by atoms with E-state index in [0.717, 1.165) is 11.1 Å². The topological polar surface area (TPSA) is 49.8 Å². The number of aliphatic carboxylic acids is 1. The molecule has 0 spiro atoms. The molecule has 4 nitrogen and oxygen atoms in total. The summed E-state index contributed by atoms with van der Waals surface area (Å²) in [5, 5.41) is 9.50. The van der Waals surface area contributed by atoms with Gasteiger partial charge in [-0.3, -0.25) is 9.69 Å². The van der Waals surface area contributed by atoms with Crippen molar-refractivity contribution in [3.05, 3.63) is 65.2 Å². The fourth-order valence-electron chi connectivity index (χ4n) is 3.06. The van der Waals surface area contributed by atoms with Crippen LogP contribution >= 0.6 is 0 Å². The van der Waals surface area contributed by atoms with Crippen molar-refractivity contribution in [2.24, 2.45) is 0 Å². The zero-order chi connectivity index (χ0) is 18.0. The number of alkyl halides is 3. The van der Waals surface area contributed by atoms with Gasteiger partial charge in [-0.05, 0) is 35.2 Å². The van der Waals surface area contributed by atoms with Gasteiger partial charge in [0.1, 0.15) is 11.8 Å². The van der Waals surface area contributed by atoms with E-state index in [-0.39, 0.29) is 12.3 Å². The van der Waals surface area contributed by atoms with Crippen LogP contribution < -0.4 is 4.74 Å². The van der Waals surface area contributed by atoms with Crippen LogP contribution in [0.5, 0.6) is 5.75 Å². The van der Waals surface area contributed by atoms with E-state index in [0.29, 0.717) is 18.5 Å². The first-order chi connectivity index (χ1) is 11.8. The van der Waals surface area contributed by atoms with Crippen molar-refractivity contribution in [1.29, 1.82) is 0 Å². The Kier molecular flexibility index (Phi) is 4.67. The van der Waals surface area contributed by atoms with E-state index in [2.05, 4.69) is 4.74 Å². The van der Waals surface area contributed by atoms with E-state index < -0.39 is 18.4 Å². The van der Waals surface area contributed by atoms with E-state index in [1.807, 2.05) is 24.3 Å². The summed E-state index contributed by atoms with van der Waals surface area (Å²) >= 11 is 0. The maximum absolute atomic E-state index is 12.4. The van der Waals surface area contributed by atoms with Gasteiger partial charge in [-0.1, -0.05) is 36.4 Å². The maximum atomic E-state index is 12.4. The summed E-state index contributed by atoms with van der Waals surface area (Å²) in [6.45, 7) is 0.651. The van der Waals surface area contributed by atoms with Crippen LogP contribution in [0.2, 0.25) is 0 Å².